The molecule has 2 aromatic carbocycles. The summed E-state index contributed by atoms with van der Waals surface area (Å²) in [6, 6.07) is 7.40. The highest BCUT2D eigenvalue weighted by atomic mass is 16.6. The van der Waals surface area contributed by atoms with E-state index < -0.39 is 11.0 Å². The van der Waals surface area contributed by atoms with Crippen molar-refractivity contribution in [1.82, 2.24) is 0 Å². The van der Waals surface area contributed by atoms with Crippen molar-refractivity contribution in [3.8, 4) is 17.2 Å². The predicted octanol–water partition coefficient (Wildman–Crippen LogP) is 2.96. The molecular formula is C15H15N3O6. The van der Waals surface area contributed by atoms with Crippen molar-refractivity contribution < 1.29 is 24.3 Å². The number of amides is 2. The smallest absolute Gasteiger partial charge is 0.323 e. The van der Waals surface area contributed by atoms with Gasteiger partial charge in [0.25, 0.3) is 5.69 Å². The second-order valence-electron chi connectivity index (χ2n) is 4.60. The van der Waals surface area contributed by atoms with E-state index in [1.54, 1.807) is 18.2 Å². The van der Waals surface area contributed by atoms with Crippen LogP contribution in [-0.4, -0.2) is 30.3 Å². The molecule has 2 aromatic rings. The maximum Gasteiger partial charge on any atom is 0.323 e. The van der Waals surface area contributed by atoms with Crippen molar-refractivity contribution in [3.63, 3.8) is 0 Å². The van der Waals surface area contributed by atoms with Crippen LogP contribution in [0.5, 0.6) is 17.2 Å². The Morgan fingerprint density at radius 1 is 1.08 bits per heavy atom. The van der Waals surface area contributed by atoms with Gasteiger partial charge in [-0.1, -0.05) is 0 Å². The van der Waals surface area contributed by atoms with Crippen LogP contribution in [-0.2, 0) is 0 Å². The summed E-state index contributed by atoms with van der Waals surface area (Å²) in [6.07, 6.45) is 0. The molecular weight excluding hydrogens is 318 g/mol. The maximum absolute atomic E-state index is 12.0. The number of hydrogen-bond donors (Lipinski definition) is 3. The number of non-ortho nitro benzene ring substituents is 1. The molecule has 0 radical (unpaired) electrons. The minimum atomic E-state index is -0.700. The lowest BCUT2D eigenvalue weighted by Gasteiger charge is -2.12. The van der Waals surface area contributed by atoms with Crippen LogP contribution >= 0.6 is 0 Å². The molecule has 0 aliphatic rings. The lowest BCUT2D eigenvalue weighted by atomic mass is 10.2. The van der Waals surface area contributed by atoms with Gasteiger partial charge in [-0.15, -0.1) is 0 Å². The van der Waals surface area contributed by atoms with Crippen LogP contribution < -0.4 is 20.1 Å². The van der Waals surface area contributed by atoms with Gasteiger partial charge in [0.2, 0.25) is 0 Å². The lowest BCUT2D eigenvalue weighted by Crippen LogP contribution is -2.20. The third kappa shape index (κ3) is 3.83. The third-order valence-corrected chi connectivity index (χ3v) is 3.10. The molecule has 0 heterocycles. The maximum atomic E-state index is 12.0. The molecule has 3 N–H and O–H groups in total. The first-order chi connectivity index (χ1) is 11.4. The van der Waals surface area contributed by atoms with E-state index in [4.69, 9.17) is 9.47 Å². The molecule has 0 atom stereocenters. The molecule has 24 heavy (non-hydrogen) atoms. The van der Waals surface area contributed by atoms with Gasteiger partial charge in [0.15, 0.2) is 0 Å². The monoisotopic (exact) mass is 333 g/mol. The summed E-state index contributed by atoms with van der Waals surface area (Å²) in [5, 5.41) is 25.3. The first-order valence-corrected chi connectivity index (χ1v) is 6.72. The van der Waals surface area contributed by atoms with Crippen LogP contribution in [0.2, 0.25) is 0 Å². The summed E-state index contributed by atoms with van der Waals surface area (Å²) in [7, 11) is 2.93. The summed E-state index contributed by atoms with van der Waals surface area (Å²) in [4.78, 5) is 22.2. The quantitative estimate of drug-likeness (QED) is 0.439. The van der Waals surface area contributed by atoms with Crippen molar-refractivity contribution in [2.45, 2.75) is 0 Å². The fraction of sp³-hybridized carbons (Fsp3) is 0.133. The zero-order valence-corrected chi connectivity index (χ0v) is 12.9. The Labute approximate surface area is 137 Å². The van der Waals surface area contributed by atoms with E-state index in [0.29, 0.717) is 17.2 Å². The molecule has 0 aliphatic heterocycles. The number of nitrogens with zero attached hydrogens (tertiary/aromatic N) is 1. The normalized spacial score (nSPS) is 9.92. The summed E-state index contributed by atoms with van der Waals surface area (Å²) in [5.41, 5.74) is 0.0139. The first-order valence-electron chi connectivity index (χ1n) is 6.72. The molecule has 2 amide bonds. The predicted molar refractivity (Wildman–Crippen MR) is 86.9 cm³/mol. The molecule has 9 nitrogen and oxygen atoms in total. The molecule has 0 spiro atoms. The van der Waals surface area contributed by atoms with Crippen LogP contribution in [0.1, 0.15) is 0 Å². The third-order valence-electron chi connectivity index (χ3n) is 3.10. The number of nitrogens with one attached hydrogen (secondary N) is 2. The largest absolute Gasteiger partial charge is 0.506 e. The molecule has 0 unspecified atom stereocenters. The fourth-order valence-corrected chi connectivity index (χ4v) is 1.92. The number of aromatic hydroxyl groups is 1. The molecule has 9 heteroatoms. The summed E-state index contributed by atoms with van der Waals surface area (Å²) in [5.74, 6) is 0.624. The highest BCUT2D eigenvalue weighted by Gasteiger charge is 2.14. The van der Waals surface area contributed by atoms with Gasteiger partial charge in [-0.3, -0.25) is 10.1 Å². The van der Waals surface area contributed by atoms with Gasteiger partial charge in [-0.2, -0.15) is 0 Å². The van der Waals surface area contributed by atoms with E-state index in [1.807, 2.05) is 0 Å². The fourth-order valence-electron chi connectivity index (χ4n) is 1.92. The van der Waals surface area contributed by atoms with Crippen LogP contribution in [0.25, 0.3) is 0 Å². The van der Waals surface area contributed by atoms with E-state index in [-0.39, 0.29) is 17.1 Å². The van der Waals surface area contributed by atoms with Crippen LogP contribution in [0.3, 0.4) is 0 Å². The Bertz CT molecular complexity index is 778. The van der Waals surface area contributed by atoms with Crippen molar-refractivity contribution >= 4 is 23.1 Å². The Hall–Kier alpha value is -3.49. The number of phenolic OH excluding ortho intramolecular Hbond substituents is 1. The van der Waals surface area contributed by atoms with Crippen LogP contribution in [0.4, 0.5) is 21.9 Å². The number of anilines is 2. The van der Waals surface area contributed by atoms with Crippen LogP contribution in [0.15, 0.2) is 36.4 Å². The Balaban J connectivity index is 2.17. The minimum Gasteiger partial charge on any atom is -0.506 e. The number of carbonyl (C=O) groups excluding carboxylic acids is 1. The summed E-state index contributed by atoms with van der Waals surface area (Å²) < 4.78 is 10.2. The first kappa shape index (κ1) is 16.9. The van der Waals surface area contributed by atoms with E-state index >= 15 is 0 Å². The Morgan fingerprint density at radius 2 is 1.79 bits per heavy atom. The van der Waals surface area contributed by atoms with E-state index in [1.165, 1.54) is 14.2 Å². The molecule has 0 saturated carbocycles. The van der Waals surface area contributed by atoms with Gasteiger partial charge >= 0.3 is 6.03 Å². The van der Waals surface area contributed by atoms with E-state index in [9.17, 15) is 20.0 Å². The second-order valence-corrected chi connectivity index (χ2v) is 4.60. The van der Waals surface area contributed by atoms with Crippen molar-refractivity contribution in [3.05, 3.63) is 46.5 Å². The zero-order chi connectivity index (χ0) is 17.7. The van der Waals surface area contributed by atoms with Gasteiger partial charge in [-0.05, 0) is 18.2 Å². The molecule has 0 bridgehead atoms. The molecule has 0 fully saturated rings. The number of hydrogen-bond acceptors (Lipinski definition) is 6. The van der Waals surface area contributed by atoms with Gasteiger partial charge in [0.05, 0.1) is 30.5 Å². The molecule has 0 aliphatic carbocycles. The van der Waals surface area contributed by atoms with Gasteiger partial charge in [-0.25, -0.2) is 4.79 Å². The average molecular weight is 333 g/mol. The Kier molecular flexibility index (Phi) is 5.05. The summed E-state index contributed by atoms with van der Waals surface area (Å²) in [6.45, 7) is 0. The molecule has 126 valence electrons. The Morgan fingerprint density at radius 3 is 2.42 bits per heavy atom. The topological polar surface area (TPSA) is 123 Å². The standard InChI is InChI=1S/C15H15N3O6/c1-23-10-4-5-11(14(8-10)24-2)16-15(20)17-12-7-9(18(21)22)3-6-13(12)19/h3-8,19H,1-2H3,(H2,16,17,20). The number of urea groups is 1. The van der Waals surface area contributed by atoms with Gasteiger partial charge in [0, 0.05) is 18.2 Å². The number of rotatable bonds is 5. The highest BCUT2D eigenvalue weighted by molar-refractivity contribution is 6.01. The number of ether oxygens (including phenoxy) is 2. The second kappa shape index (κ2) is 7.18. The van der Waals surface area contributed by atoms with E-state index in [2.05, 4.69) is 10.6 Å². The van der Waals surface area contributed by atoms with Crippen molar-refractivity contribution in [2.75, 3.05) is 24.9 Å². The number of phenols is 1. The number of benzene rings is 2. The summed E-state index contributed by atoms with van der Waals surface area (Å²) >= 11 is 0. The lowest BCUT2D eigenvalue weighted by molar-refractivity contribution is -0.384. The molecule has 0 saturated heterocycles. The van der Waals surface area contributed by atoms with Gasteiger partial charge in [0.1, 0.15) is 17.2 Å². The van der Waals surface area contributed by atoms with Crippen molar-refractivity contribution in [1.29, 1.82) is 0 Å². The average Bonchev–Trinajstić information content (AvgIpc) is 2.56. The minimum absolute atomic E-state index is 0.0887. The number of carbonyl (C=O) groups is 1. The number of nitro benzene ring substituents is 1. The molecule has 2 rings (SSSR count). The number of nitro groups is 1. The zero-order valence-electron chi connectivity index (χ0n) is 12.9. The van der Waals surface area contributed by atoms with Crippen molar-refractivity contribution in [2.24, 2.45) is 0 Å². The highest BCUT2D eigenvalue weighted by Crippen LogP contribution is 2.30. The van der Waals surface area contributed by atoms with E-state index in [0.717, 1.165) is 18.2 Å². The van der Waals surface area contributed by atoms with Gasteiger partial charge < -0.3 is 25.2 Å². The SMILES string of the molecule is COc1ccc(NC(=O)Nc2cc([N+](=O)[O-])ccc2O)c(OC)c1. The molecule has 0 aromatic heterocycles. The number of methoxy groups -OCH3 is 2. The van der Waals surface area contributed by atoms with Crippen LogP contribution in [0, 0.1) is 10.1 Å².